The lowest BCUT2D eigenvalue weighted by atomic mass is 10.1. The van der Waals surface area contributed by atoms with E-state index >= 15 is 0 Å². The number of hydrogen-bond acceptors (Lipinski definition) is 2. The zero-order valence-corrected chi connectivity index (χ0v) is 7.17. The van der Waals surface area contributed by atoms with Crippen LogP contribution in [0, 0.1) is 5.82 Å². The number of aromatic amines is 1. The maximum Gasteiger partial charge on any atom is 0.267 e. The monoisotopic (exact) mass is 193 g/mol. The van der Waals surface area contributed by atoms with Crippen LogP contribution in [0.2, 0.25) is 0 Å². The fourth-order valence-electron chi connectivity index (χ4n) is 1.38. The number of benzene rings is 1. The Morgan fingerprint density at radius 1 is 1.50 bits per heavy atom. The molecule has 0 aliphatic heterocycles. The van der Waals surface area contributed by atoms with Crippen LogP contribution in [0.4, 0.5) is 4.39 Å². The highest BCUT2D eigenvalue weighted by molar-refractivity contribution is 6.06. The Hall–Kier alpha value is -1.88. The Morgan fingerprint density at radius 2 is 2.29 bits per heavy atom. The summed E-state index contributed by atoms with van der Waals surface area (Å²) in [6.45, 7) is 0. The van der Waals surface area contributed by atoms with Crippen molar-refractivity contribution in [2.45, 2.75) is 0 Å². The molecule has 4 nitrogen and oxygen atoms in total. The first-order valence-electron chi connectivity index (χ1n) is 4.00. The van der Waals surface area contributed by atoms with Crippen molar-refractivity contribution in [1.29, 1.82) is 0 Å². The van der Waals surface area contributed by atoms with E-state index in [0.717, 1.165) is 0 Å². The van der Waals surface area contributed by atoms with Crippen molar-refractivity contribution in [3.63, 3.8) is 0 Å². The second kappa shape index (κ2) is 3.12. The molecule has 2 aromatic rings. The number of amides is 1. The zero-order valence-electron chi connectivity index (χ0n) is 7.17. The quantitative estimate of drug-likeness (QED) is 0.358. The van der Waals surface area contributed by atoms with E-state index in [1.807, 2.05) is 5.43 Å². The minimum absolute atomic E-state index is 0.311. The Labute approximate surface area is 78.9 Å². The van der Waals surface area contributed by atoms with Gasteiger partial charge in [0.2, 0.25) is 0 Å². The number of hydrogen-bond donors (Lipinski definition) is 3. The van der Waals surface area contributed by atoms with Gasteiger partial charge in [-0.05, 0) is 6.07 Å². The molecule has 1 amide bonds. The summed E-state index contributed by atoms with van der Waals surface area (Å²) in [5.74, 6) is 4.15. The Kier molecular flexibility index (Phi) is 1.94. The fraction of sp³-hybridized carbons (Fsp3) is 0. The third kappa shape index (κ3) is 1.14. The predicted molar refractivity (Wildman–Crippen MR) is 49.9 cm³/mol. The molecular weight excluding hydrogens is 185 g/mol. The number of H-pyrrole nitrogens is 1. The van der Waals surface area contributed by atoms with Gasteiger partial charge in [-0.2, -0.15) is 0 Å². The molecule has 1 aromatic heterocycles. The van der Waals surface area contributed by atoms with Crippen molar-refractivity contribution in [3.8, 4) is 0 Å². The number of nitrogen functional groups attached to an aromatic ring is 1. The first-order chi connectivity index (χ1) is 6.74. The van der Waals surface area contributed by atoms with Gasteiger partial charge in [-0.3, -0.25) is 10.2 Å². The van der Waals surface area contributed by atoms with Gasteiger partial charge in [0, 0.05) is 11.6 Å². The minimum Gasteiger partial charge on any atom is -0.358 e. The number of fused-ring (bicyclic) bond motifs is 1. The summed E-state index contributed by atoms with van der Waals surface area (Å²) in [5, 5.41) is 0.521. The van der Waals surface area contributed by atoms with Crippen molar-refractivity contribution in [1.82, 2.24) is 10.4 Å². The fourth-order valence-corrected chi connectivity index (χ4v) is 1.38. The van der Waals surface area contributed by atoms with E-state index in [1.165, 1.54) is 12.3 Å². The van der Waals surface area contributed by atoms with Gasteiger partial charge in [-0.25, -0.2) is 10.2 Å². The van der Waals surface area contributed by atoms with E-state index in [0.29, 0.717) is 16.5 Å². The molecule has 14 heavy (non-hydrogen) atoms. The van der Waals surface area contributed by atoms with Crippen LogP contribution >= 0.6 is 0 Å². The summed E-state index contributed by atoms with van der Waals surface area (Å²) >= 11 is 0. The lowest BCUT2D eigenvalue weighted by Crippen LogP contribution is -2.29. The van der Waals surface area contributed by atoms with E-state index in [4.69, 9.17) is 5.84 Å². The van der Waals surface area contributed by atoms with Crippen LogP contribution in [-0.2, 0) is 0 Å². The predicted octanol–water partition coefficient (Wildman–Crippen LogP) is 0.910. The smallest absolute Gasteiger partial charge is 0.267 e. The average Bonchev–Trinajstić information content (AvgIpc) is 2.62. The molecule has 0 unspecified atom stereocenters. The summed E-state index contributed by atoms with van der Waals surface area (Å²) in [4.78, 5) is 13.9. The van der Waals surface area contributed by atoms with Gasteiger partial charge >= 0.3 is 0 Å². The summed E-state index contributed by atoms with van der Waals surface area (Å²) in [6.07, 6.45) is 1.43. The van der Waals surface area contributed by atoms with Gasteiger partial charge in [-0.1, -0.05) is 12.1 Å². The normalized spacial score (nSPS) is 10.4. The summed E-state index contributed by atoms with van der Waals surface area (Å²) < 4.78 is 13.2. The molecule has 0 fully saturated rings. The summed E-state index contributed by atoms with van der Waals surface area (Å²) in [7, 11) is 0. The van der Waals surface area contributed by atoms with Crippen LogP contribution < -0.4 is 11.3 Å². The van der Waals surface area contributed by atoms with Crippen molar-refractivity contribution < 1.29 is 9.18 Å². The van der Waals surface area contributed by atoms with Gasteiger partial charge < -0.3 is 4.98 Å². The first kappa shape index (κ1) is 8.71. The lowest BCUT2D eigenvalue weighted by molar-refractivity contribution is 0.0955. The molecule has 1 aromatic carbocycles. The number of para-hydroxylation sites is 1. The van der Waals surface area contributed by atoms with Crippen molar-refractivity contribution >= 4 is 16.8 Å². The molecule has 0 atom stereocenters. The molecule has 0 aliphatic rings. The van der Waals surface area contributed by atoms with E-state index in [-0.39, 0.29) is 0 Å². The number of nitrogens with two attached hydrogens (primary N) is 1. The van der Waals surface area contributed by atoms with Gasteiger partial charge in [-0.15, -0.1) is 0 Å². The van der Waals surface area contributed by atoms with Crippen LogP contribution in [0.15, 0.2) is 24.4 Å². The number of aromatic nitrogens is 1. The molecule has 1 heterocycles. The largest absolute Gasteiger partial charge is 0.358 e. The number of hydrazine groups is 1. The minimum atomic E-state index is -0.443. The van der Waals surface area contributed by atoms with Gasteiger partial charge in [0.05, 0.1) is 11.1 Å². The molecule has 5 heteroatoms. The Balaban J connectivity index is 2.70. The molecule has 0 radical (unpaired) electrons. The van der Waals surface area contributed by atoms with Gasteiger partial charge in [0.15, 0.2) is 0 Å². The van der Waals surface area contributed by atoms with E-state index in [9.17, 15) is 9.18 Å². The van der Waals surface area contributed by atoms with E-state index in [1.54, 1.807) is 12.1 Å². The van der Waals surface area contributed by atoms with Crippen molar-refractivity contribution in [2.24, 2.45) is 5.84 Å². The number of halogens is 1. The van der Waals surface area contributed by atoms with E-state index in [2.05, 4.69) is 4.98 Å². The highest BCUT2D eigenvalue weighted by Gasteiger charge is 2.12. The Morgan fingerprint density at radius 3 is 3.00 bits per heavy atom. The van der Waals surface area contributed by atoms with Crippen LogP contribution in [0.1, 0.15) is 10.4 Å². The molecule has 0 saturated carbocycles. The lowest BCUT2D eigenvalue weighted by Gasteiger charge is -1.96. The van der Waals surface area contributed by atoms with Crippen LogP contribution in [0.25, 0.3) is 10.9 Å². The topological polar surface area (TPSA) is 70.9 Å². The van der Waals surface area contributed by atoms with Crippen LogP contribution in [0.5, 0.6) is 0 Å². The highest BCUT2D eigenvalue weighted by atomic mass is 19.1. The van der Waals surface area contributed by atoms with E-state index < -0.39 is 11.7 Å². The molecule has 0 bridgehead atoms. The van der Waals surface area contributed by atoms with Crippen molar-refractivity contribution in [3.05, 3.63) is 35.8 Å². The third-order valence-electron chi connectivity index (χ3n) is 2.04. The number of rotatable bonds is 1. The van der Waals surface area contributed by atoms with Gasteiger partial charge in [0.25, 0.3) is 5.91 Å². The molecule has 0 aliphatic carbocycles. The first-order valence-corrected chi connectivity index (χ1v) is 4.00. The number of nitrogens with one attached hydrogen (secondary N) is 2. The van der Waals surface area contributed by atoms with Gasteiger partial charge in [0.1, 0.15) is 5.82 Å². The molecule has 0 saturated heterocycles. The molecular formula is C9H8FN3O. The summed E-state index contributed by atoms with van der Waals surface area (Å²) in [5.41, 5.74) is 2.64. The van der Waals surface area contributed by atoms with Crippen molar-refractivity contribution in [2.75, 3.05) is 0 Å². The molecule has 0 spiro atoms. The second-order valence-corrected chi connectivity index (χ2v) is 2.84. The SMILES string of the molecule is NNC(=O)c1c[nH]c2c(F)cccc12. The molecule has 72 valence electrons. The van der Waals surface area contributed by atoms with Crippen LogP contribution in [-0.4, -0.2) is 10.9 Å². The number of carbonyl (C=O) groups is 1. The third-order valence-corrected chi connectivity index (χ3v) is 2.04. The zero-order chi connectivity index (χ0) is 10.1. The maximum absolute atomic E-state index is 13.2. The molecule has 4 N–H and O–H groups in total. The second-order valence-electron chi connectivity index (χ2n) is 2.84. The highest BCUT2D eigenvalue weighted by Crippen LogP contribution is 2.20. The standard InChI is InChI=1S/C9H8FN3O/c10-7-3-1-2-5-6(9(14)13-11)4-12-8(5)7/h1-4,12H,11H2,(H,13,14). The Bertz CT molecular complexity index is 492. The maximum atomic E-state index is 13.2. The molecule has 2 rings (SSSR count). The average molecular weight is 193 g/mol. The number of carbonyl (C=O) groups excluding carboxylic acids is 1. The van der Waals surface area contributed by atoms with Crippen LogP contribution in [0.3, 0.4) is 0 Å². The summed E-state index contributed by atoms with van der Waals surface area (Å²) in [6, 6.07) is 4.52.